The molecule has 0 aliphatic carbocycles. The molecule has 2 rings (SSSR count). The van der Waals surface area contributed by atoms with Gasteiger partial charge in [0.15, 0.2) is 6.61 Å². The molecule has 0 saturated carbocycles. The number of hydrogen-bond acceptors (Lipinski definition) is 7. The third kappa shape index (κ3) is 3.85. The first kappa shape index (κ1) is 19.0. The molecule has 0 aliphatic heterocycles. The molecule has 0 unspecified atom stereocenters. The summed E-state index contributed by atoms with van der Waals surface area (Å²) in [6.45, 7) is 4.45. The SMILES string of the molecule is CCOC(=O)c1c(C)[nH]c(C)c1C(=O)COC(=O)c1ccc(O)cc1O. The first-order valence-electron chi connectivity index (χ1n) is 7.84. The van der Waals surface area contributed by atoms with E-state index in [-0.39, 0.29) is 29.0 Å². The van der Waals surface area contributed by atoms with Gasteiger partial charge in [0.25, 0.3) is 0 Å². The van der Waals surface area contributed by atoms with Crippen LogP contribution in [0.5, 0.6) is 11.5 Å². The number of aromatic nitrogens is 1. The van der Waals surface area contributed by atoms with Crippen LogP contribution in [0.2, 0.25) is 0 Å². The number of nitrogens with one attached hydrogen (secondary N) is 1. The lowest BCUT2D eigenvalue weighted by Crippen LogP contribution is -2.18. The quantitative estimate of drug-likeness (QED) is 0.532. The monoisotopic (exact) mass is 361 g/mol. The summed E-state index contributed by atoms with van der Waals surface area (Å²) in [6, 6.07) is 3.36. The molecule has 0 bridgehead atoms. The van der Waals surface area contributed by atoms with Crippen molar-refractivity contribution < 1.29 is 34.1 Å². The minimum atomic E-state index is -0.932. The number of esters is 2. The van der Waals surface area contributed by atoms with Crippen LogP contribution >= 0.6 is 0 Å². The van der Waals surface area contributed by atoms with E-state index in [9.17, 15) is 24.6 Å². The molecule has 8 nitrogen and oxygen atoms in total. The number of rotatable bonds is 6. The topological polar surface area (TPSA) is 126 Å². The van der Waals surface area contributed by atoms with Crippen molar-refractivity contribution in [3.63, 3.8) is 0 Å². The Balaban J connectivity index is 2.18. The molecule has 0 radical (unpaired) electrons. The summed E-state index contributed by atoms with van der Waals surface area (Å²) in [5.41, 5.74) is 0.954. The number of benzene rings is 1. The van der Waals surface area contributed by atoms with Crippen LogP contribution in [0.15, 0.2) is 18.2 Å². The number of phenolic OH excluding ortho intramolecular Hbond substituents is 2. The molecular weight excluding hydrogens is 342 g/mol. The summed E-state index contributed by atoms with van der Waals surface area (Å²) in [4.78, 5) is 39.5. The summed E-state index contributed by atoms with van der Waals surface area (Å²) in [7, 11) is 0. The van der Waals surface area contributed by atoms with E-state index >= 15 is 0 Å². The maximum atomic E-state index is 12.5. The number of hydrogen-bond donors (Lipinski definition) is 3. The maximum Gasteiger partial charge on any atom is 0.342 e. The highest BCUT2D eigenvalue weighted by Gasteiger charge is 2.26. The number of H-pyrrole nitrogens is 1. The van der Waals surface area contributed by atoms with Crippen molar-refractivity contribution in [1.29, 1.82) is 0 Å². The van der Waals surface area contributed by atoms with Gasteiger partial charge < -0.3 is 24.7 Å². The van der Waals surface area contributed by atoms with Crippen LogP contribution in [0.4, 0.5) is 0 Å². The van der Waals surface area contributed by atoms with E-state index in [0.29, 0.717) is 11.4 Å². The van der Waals surface area contributed by atoms with E-state index < -0.39 is 30.1 Å². The molecule has 138 valence electrons. The van der Waals surface area contributed by atoms with Gasteiger partial charge in [-0.2, -0.15) is 0 Å². The molecule has 26 heavy (non-hydrogen) atoms. The highest BCUT2D eigenvalue weighted by atomic mass is 16.5. The number of ether oxygens (including phenoxy) is 2. The average molecular weight is 361 g/mol. The number of carbonyl (C=O) groups excluding carboxylic acids is 3. The number of carbonyl (C=O) groups is 3. The summed E-state index contributed by atoms with van der Waals surface area (Å²) in [5.74, 6) is -2.84. The summed E-state index contributed by atoms with van der Waals surface area (Å²) in [5, 5.41) is 18.9. The first-order valence-corrected chi connectivity index (χ1v) is 7.84. The number of phenols is 2. The Morgan fingerprint density at radius 2 is 1.65 bits per heavy atom. The number of ketones is 1. The molecule has 0 aliphatic rings. The predicted molar refractivity (Wildman–Crippen MR) is 90.6 cm³/mol. The summed E-state index contributed by atoms with van der Waals surface area (Å²) < 4.78 is 9.89. The lowest BCUT2D eigenvalue weighted by molar-refractivity contribution is 0.0469. The zero-order chi connectivity index (χ0) is 19.4. The maximum absolute atomic E-state index is 12.5. The van der Waals surface area contributed by atoms with Crippen LogP contribution in [0.25, 0.3) is 0 Å². The second-order valence-electron chi connectivity index (χ2n) is 5.55. The van der Waals surface area contributed by atoms with Gasteiger partial charge in [-0.05, 0) is 32.9 Å². The Labute approximate surface area is 149 Å². The number of aryl methyl sites for hydroxylation is 2. The van der Waals surface area contributed by atoms with Crippen LogP contribution in [0.3, 0.4) is 0 Å². The lowest BCUT2D eigenvalue weighted by atomic mass is 10.1. The lowest BCUT2D eigenvalue weighted by Gasteiger charge is -2.08. The molecule has 0 amide bonds. The van der Waals surface area contributed by atoms with E-state index in [1.807, 2.05) is 0 Å². The Kier molecular flexibility index (Phi) is 5.66. The van der Waals surface area contributed by atoms with Crippen molar-refractivity contribution in [2.45, 2.75) is 20.8 Å². The standard InChI is InChI=1S/C18H19NO7/c1-4-25-18(24)16-10(3)19-9(2)15(16)14(22)8-26-17(23)12-6-5-11(20)7-13(12)21/h5-7,19-21H,4,8H2,1-3H3. The minimum absolute atomic E-state index is 0.101. The van der Waals surface area contributed by atoms with E-state index in [4.69, 9.17) is 9.47 Å². The van der Waals surface area contributed by atoms with E-state index in [1.165, 1.54) is 12.1 Å². The van der Waals surface area contributed by atoms with Crippen molar-refractivity contribution >= 4 is 17.7 Å². The Hall–Kier alpha value is -3.29. The molecule has 1 aromatic carbocycles. The molecule has 2 aromatic rings. The number of aromatic amines is 1. The Bertz CT molecular complexity index is 867. The summed E-state index contributed by atoms with van der Waals surface area (Å²) >= 11 is 0. The third-order valence-corrected chi connectivity index (χ3v) is 3.67. The van der Waals surface area contributed by atoms with Crippen LogP contribution in [-0.2, 0) is 9.47 Å². The van der Waals surface area contributed by atoms with E-state index in [0.717, 1.165) is 6.07 Å². The van der Waals surface area contributed by atoms with Gasteiger partial charge in [-0.15, -0.1) is 0 Å². The van der Waals surface area contributed by atoms with Gasteiger partial charge in [0, 0.05) is 17.5 Å². The van der Waals surface area contributed by atoms with Crippen LogP contribution in [-0.4, -0.2) is 46.1 Å². The fourth-order valence-corrected chi connectivity index (χ4v) is 2.56. The molecule has 0 spiro atoms. The van der Waals surface area contributed by atoms with Crippen molar-refractivity contribution in [3.8, 4) is 11.5 Å². The smallest absolute Gasteiger partial charge is 0.342 e. The molecular formula is C18H19NO7. The average Bonchev–Trinajstić information content (AvgIpc) is 2.86. The number of aromatic hydroxyl groups is 2. The molecule has 0 fully saturated rings. The second-order valence-corrected chi connectivity index (χ2v) is 5.55. The largest absolute Gasteiger partial charge is 0.508 e. The fourth-order valence-electron chi connectivity index (χ4n) is 2.56. The van der Waals surface area contributed by atoms with Crippen molar-refractivity contribution in [2.75, 3.05) is 13.2 Å². The van der Waals surface area contributed by atoms with Gasteiger partial charge in [-0.25, -0.2) is 9.59 Å². The zero-order valence-corrected chi connectivity index (χ0v) is 14.6. The highest BCUT2D eigenvalue weighted by molar-refractivity contribution is 6.09. The van der Waals surface area contributed by atoms with E-state index in [2.05, 4.69) is 4.98 Å². The number of Topliss-reactive ketones (excluding diaryl/α,β-unsaturated/α-hetero) is 1. The molecule has 1 aromatic heterocycles. The van der Waals surface area contributed by atoms with Crippen molar-refractivity contribution in [3.05, 3.63) is 46.3 Å². The molecule has 1 heterocycles. The molecule has 3 N–H and O–H groups in total. The zero-order valence-electron chi connectivity index (χ0n) is 14.6. The van der Waals surface area contributed by atoms with Crippen molar-refractivity contribution in [1.82, 2.24) is 4.98 Å². The van der Waals surface area contributed by atoms with Crippen LogP contribution in [0, 0.1) is 13.8 Å². The summed E-state index contributed by atoms with van der Waals surface area (Å²) in [6.07, 6.45) is 0. The fraction of sp³-hybridized carbons (Fsp3) is 0.278. The van der Waals surface area contributed by atoms with Gasteiger partial charge in [0.05, 0.1) is 17.7 Å². The van der Waals surface area contributed by atoms with Gasteiger partial charge in [0.2, 0.25) is 5.78 Å². The molecule has 0 saturated heterocycles. The van der Waals surface area contributed by atoms with Crippen molar-refractivity contribution in [2.24, 2.45) is 0 Å². The van der Waals surface area contributed by atoms with E-state index in [1.54, 1.807) is 20.8 Å². The Morgan fingerprint density at radius 3 is 2.27 bits per heavy atom. The van der Waals surface area contributed by atoms with Crippen LogP contribution in [0.1, 0.15) is 49.4 Å². The van der Waals surface area contributed by atoms with Gasteiger partial charge >= 0.3 is 11.9 Å². The second kappa shape index (κ2) is 7.73. The normalized spacial score (nSPS) is 10.4. The first-order chi connectivity index (χ1) is 12.3. The Morgan fingerprint density at radius 1 is 1.00 bits per heavy atom. The highest BCUT2D eigenvalue weighted by Crippen LogP contribution is 2.24. The molecule has 8 heteroatoms. The predicted octanol–water partition coefficient (Wildman–Crippen LogP) is 2.26. The van der Waals surface area contributed by atoms with Gasteiger partial charge in [-0.1, -0.05) is 0 Å². The molecule has 0 atom stereocenters. The minimum Gasteiger partial charge on any atom is -0.508 e. The van der Waals surface area contributed by atoms with Gasteiger partial charge in [0.1, 0.15) is 17.1 Å². The third-order valence-electron chi connectivity index (χ3n) is 3.67. The van der Waals surface area contributed by atoms with Crippen LogP contribution < -0.4 is 0 Å². The van der Waals surface area contributed by atoms with Gasteiger partial charge in [-0.3, -0.25) is 4.79 Å².